The third-order valence-electron chi connectivity index (χ3n) is 3.71. The maximum Gasteiger partial charge on any atom is 0.247 e. The van der Waals surface area contributed by atoms with Crippen LogP contribution in [0.4, 0.5) is 5.69 Å². The largest absolute Gasteiger partial charge is 0.438 e. The number of rotatable bonds is 5. The van der Waals surface area contributed by atoms with Crippen LogP contribution in [0.5, 0.6) is 11.6 Å². The lowest BCUT2D eigenvalue weighted by Gasteiger charge is -2.10. The summed E-state index contributed by atoms with van der Waals surface area (Å²) >= 11 is 0. The van der Waals surface area contributed by atoms with Crippen LogP contribution in [0.15, 0.2) is 67.4 Å². The van der Waals surface area contributed by atoms with E-state index in [9.17, 15) is 4.79 Å². The van der Waals surface area contributed by atoms with Crippen molar-refractivity contribution in [3.05, 3.63) is 72.9 Å². The molecule has 0 unspecified atom stereocenters. The number of aromatic nitrogens is 1. The van der Waals surface area contributed by atoms with Crippen LogP contribution in [0.25, 0.3) is 10.8 Å². The van der Waals surface area contributed by atoms with E-state index in [1.54, 1.807) is 0 Å². The second-order valence-electron chi connectivity index (χ2n) is 5.35. The summed E-state index contributed by atoms with van der Waals surface area (Å²) in [7, 11) is 0. The number of benzene rings is 2. The second-order valence-corrected chi connectivity index (χ2v) is 5.35. The molecule has 0 bridgehead atoms. The highest BCUT2D eigenvalue weighted by molar-refractivity contribution is 6.01. The second kappa shape index (κ2) is 6.96. The lowest BCUT2D eigenvalue weighted by molar-refractivity contribution is -0.111. The van der Waals surface area contributed by atoms with Crippen LogP contribution in [-0.4, -0.2) is 10.9 Å². The predicted octanol–water partition coefficient (Wildman–Crippen LogP) is 4.71. The van der Waals surface area contributed by atoms with Crippen LogP contribution in [0.1, 0.15) is 12.5 Å². The Morgan fingerprint density at radius 2 is 2.12 bits per heavy atom. The van der Waals surface area contributed by atoms with Gasteiger partial charge in [0.05, 0.1) is 0 Å². The smallest absolute Gasteiger partial charge is 0.247 e. The van der Waals surface area contributed by atoms with Gasteiger partial charge in [-0.25, -0.2) is 4.98 Å². The first kappa shape index (κ1) is 15.7. The molecule has 1 aromatic heterocycles. The van der Waals surface area contributed by atoms with E-state index >= 15 is 0 Å². The number of fused-ring (bicyclic) bond motifs is 1. The van der Waals surface area contributed by atoms with Gasteiger partial charge in [-0.2, -0.15) is 0 Å². The fraction of sp³-hybridized carbons (Fsp3) is 0.100. The topological polar surface area (TPSA) is 51.2 Å². The molecule has 0 atom stereocenters. The number of ether oxygens (including phenoxy) is 1. The molecule has 3 aromatic rings. The number of nitrogens with zero attached hydrogens (tertiary/aromatic N) is 1. The zero-order valence-corrected chi connectivity index (χ0v) is 13.5. The van der Waals surface area contributed by atoms with Crippen molar-refractivity contribution in [2.75, 3.05) is 5.32 Å². The van der Waals surface area contributed by atoms with Gasteiger partial charge >= 0.3 is 0 Å². The van der Waals surface area contributed by atoms with E-state index < -0.39 is 0 Å². The summed E-state index contributed by atoms with van der Waals surface area (Å²) in [4.78, 5) is 15.7. The summed E-state index contributed by atoms with van der Waals surface area (Å²) in [6, 6.07) is 15.3. The normalized spacial score (nSPS) is 10.4. The maximum atomic E-state index is 11.4. The van der Waals surface area contributed by atoms with Gasteiger partial charge in [-0.15, -0.1) is 0 Å². The molecule has 1 N–H and O–H groups in total. The quantitative estimate of drug-likeness (QED) is 0.693. The number of hydrogen-bond donors (Lipinski definition) is 1. The maximum absolute atomic E-state index is 11.4. The molecule has 2 aromatic carbocycles. The molecule has 3 rings (SSSR count). The van der Waals surface area contributed by atoms with E-state index in [-0.39, 0.29) is 5.91 Å². The molecule has 0 spiro atoms. The molecular formula is C20H18N2O2. The molecule has 24 heavy (non-hydrogen) atoms. The van der Waals surface area contributed by atoms with Crippen molar-refractivity contribution in [3.63, 3.8) is 0 Å². The molecule has 0 aliphatic heterocycles. The zero-order chi connectivity index (χ0) is 16.9. The van der Waals surface area contributed by atoms with Crippen molar-refractivity contribution < 1.29 is 9.53 Å². The van der Waals surface area contributed by atoms with Crippen molar-refractivity contribution in [3.8, 4) is 11.6 Å². The third kappa shape index (κ3) is 3.43. The zero-order valence-electron chi connectivity index (χ0n) is 13.5. The number of carbonyl (C=O) groups excluding carboxylic acids is 1. The SMILES string of the molecule is C=CC(=O)Nc1ccc2c(Oc3ccc(CC)cn3)cccc2c1. The Hall–Kier alpha value is -3.14. The molecular weight excluding hydrogens is 300 g/mol. The Labute approximate surface area is 140 Å². The van der Waals surface area contributed by atoms with E-state index in [0.717, 1.165) is 28.6 Å². The van der Waals surface area contributed by atoms with E-state index in [4.69, 9.17) is 4.74 Å². The molecule has 120 valence electrons. The van der Waals surface area contributed by atoms with Crippen molar-refractivity contribution in [2.45, 2.75) is 13.3 Å². The lowest BCUT2D eigenvalue weighted by Crippen LogP contribution is -2.06. The molecule has 0 saturated heterocycles. The van der Waals surface area contributed by atoms with Crippen molar-refractivity contribution in [2.24, 2.45) is 0 Å². The van der Waals surface area contributed by atoms with Crippen molar-refractivity contribution in [1.29, 1.82) is 0 Å². The standard InChI is InChI=1S/C20H18N2O2/c1-3-14-8-11-20(21-13-14)24-18-7-5-6-15-12-16(9-10-17(15)18)22-19(23)4-2/h4-13H,2-3H2,1H3,(H,22,23). The average Bonchev–Trinajstić information content (AvgIpc) is 2.62. The summed E-state index contributed by atoms with van der Waals surface area (Å²) in [6.45, 7) is 5.54. The van der Waals surface area contributed by atoms with E-state index in [1.165, 1.54) is 11.6 Å². The number of nitrogens with one attached hydrogen (secondary N) is 1. The van der Waals surface area contributed by atoms with Gasteiger partial charge < -0.3 is 10.1 Å². The Kier molecular flexibility index (Phi) is 4.57. The molecule has 0 radical (unpaired) electrons. The van der Waals surface area contributed by atoms with Crippen LogP contribution in [0.3, 0.4) is 0 Å². The van der Waals surface area contributed by atoms with Crippen LogP contribution < -0.4 is 10.1 Å². The minimum Gasteiger partial charge on any atom is -0.438 e. The number of anilines is 1. The highest BCUT2D eigenvalue weighted by atomic mass is 16.5. The van der Waals surface area contributed by atoms with Gasteiger partial charge in [-0.05, 0) is 47.7 Å². The molecule has 1 amide bonds. The first-order valence-corrected chi connectivity index (χ1v) is 7.78. The van der Waals surface area contributed by atoms with Gasteiger partial charge in [0.25, 0.3) is 0 Å². The number of amides is 1. The van der Waals surface area contributed by atoms with Gasteiger partial charge in [0.15, 0.2) is 0 Å². The lowest BCUT2D eigenvalue weighted by atomic mass is 10.1. The monoisotopic (exact) mass is 318 g/mol. The van der Waals surface area contributed by atoms with Crippen molar-refractivity contribution in [1.82, 2.24) is 4.98 Å². The van der Waals surface area contributed by atoms with Gasteiger partial charge in [0, 0.05) is 23.3 Å². The fourth-order valence-electron chi connectivity index (χ4n) is 2.41. The Balaban J connectivity index is 1.90. The number of carbonyl (C=O) groups is 1. The van der Waals surface area contributed by atoms with E-state index in [1.807, 2.05) is 54.7 Å². The number of pyridine rings is 1. The number of hydrogen-bond acceptors (Lipinski definition) is 3. The van der Waals surface area contributed by atoms with Gasteiger partial charge in [0.2, 0.25) is 11.8 Å². The fourth-order valence-corrected chi connectivity index (χ4v) is 2.41. The van der Waals surface area contributed by atoms with Crippen LogP contribution in [0, 0.1) is 0 Å². The average molecular weight is 318 g/mol. The summed E-state index contributed by atoms with van der Waals surface area (Å²) < 4.78 is 5.92. The molecule has 4 heteroatoms. The van der Waals surface area contributed by atoms with Gasteiger partial charge in [-0.3, -0.25) is 4.79 Å². The van der Waals surface area contributed by atoms with Gasteiger partial charge in [-0.1, -0.05) is 31.7 Å². The first-order valence-electron chi connectivity index (χ1n) is 7.78. The van der Waals surface area contributed by atoms with E-state index in [2.05, 4.69) is 23.8 Å². The molecule has 0 saturated carbocycles. The van der Waals surface area contributed by atoms with E-state index in [0.29, 0.717) is 5.88 Å². The van der Waals surface area contributed by atoms with Crippen molar-refractivity contribution >= 4 is 22.4 Å². The summed E-state index contributed by atoms with van der Waals surface area (Å²) in [5, 5.41) is 4.68. The predicted molar refractivity (Wildman–Crippen MR) is 96.5 cm³/mol. The number of aryl methyl sites for hydroxylation is 1. The first-order chi connectivity index (χ1) is 11.7. The highest BCUT2D eigenvalue weighted by Gasteiger charge is 2.06. The van der Waals surface area contributed by atoms with Crippen LogP contribution in [-0.2, 0) is 11.2 Å². The minimum absolute atomic E-state index is 0.234. The summed E-state index contributed by atoms with van der Waals surface area (Å²) in [5.74, 6) is 1.05. The Bertz CT molecular complexity index is 886. The van der Waals surface area contributed by atoms with Gasteiger partial charge in [0.1, 0.15) is 5.75 Å². The third-order valence-corrected chi connectivity index (χ3v) is 3.71. The summed E-state index contributed by atoms with van der Waals surface area (Å²) in [5.41, 5.74) is 1.89. The summed E-state index contributed by atoms with van der Waals surface area (Å²) in [6.07, 6.45) is 4.01. The molecule has 1 heterocycles. The Morgan fingerprint density at radius 1 is 1.25 bits per heavy atom. The highest BCUT2D eigenvalue weighted by Crippen LogP contribution is 2.30. The Morgan fingerprint density at radius 3 is 2.83 bits per heavy atom. The van der Waals surface area contributed by atoms with Crippen LogP contribution in [0.2, 0.25) is 0 Å². The molecule has 0 fully saturated rings. The molecule has 0 aliphatic rings. The molecule has 4 nitrogen and oxygen atoms in total. The minimum atomic E-state index is -0.234. The van der Waals surface area contributed by atoms with Crippen LogP contribution >= 0.6 is 0 Å². The molecule has 0 aliphatic carbocycles.